The highest BCUT2D eigenvalue weighted by atomic mass is 16.5. The average molecular weight is 277 g/mol. The van der Waals surface area contributed by atoms with Crippen LogP contribution in [0.5, 0.6) is 5.75 Å². The van der Waals surface area contributed by atoms with Crippen molar-refractivity contribution in [2.24, 2.45) is 5.92 Å². The molecule has 1 fully saturated rings. The van der Waals surface area contributed by atoms with Crippen molar-refractivity contribution in [1.29, 1.82) is 0 Å². The van der Waals surface area contributed by atoms with E-state index in [-0.39, 0.29) is 12.1 Å². The van der Waals surface area contributed by atoms with Crippen molar-refractivity contribution in [3.8, 4) is 5.75 Å². The van der Waals surface area contributed by atoms with E-state index >= 15 is 0 Å². The molecule has 1 aromatic rings. The average Bonchev–Trinajstić information content (AvgIpc) is 2.50. The molecule has 20 heavy (non-hydrogen) atoms. The molecule has 0 amide bonds. The molecule has 1 heterocycles. The van der Waals surface area contributed by atoms with Crippen molar-refractivity contribution >= 4 is 5.97 Å². The van der Waals surface area contributed by atoms with Gasteiger partial charge in [-0.05, 0) is 44.0 Å². The number of benzene rings is 1. The van der Waals surface area contributed by atoms with E-state index in [1.807, 2.05) is 24.3 Å². The molecule has 4 nitrogen and oxygen atoms in total. The standard InChI is InChI=1S/C16H23NO3/c1-12(14-4-3-9-17-11-14)20-15-7-5-13(6-8-15)10-16(18)19-2/h5-8,12,14,17H,3-4,9-11H2,1-2H3. The molecule has 0 saturated carbocycles. The first kappa shape index (κ1) is 14.9. The molecule has 0 spiro atoms. The summed E-state index contributed by atoms with van der Waals surface area (Å²) in [4.78, 5) is 11.2. The summed E-state index contributed by atoms with van der Waals surface area (Å²) in [6.07, 6.45) is 2.94. The third-order valence-corrected chi connectivity index (χ3v) is 3.82. The van der Waals surface area contributed by atoms with Gasteiger partial charge in [0.25, 0.3) is 0 Å². The predicted molar refractivity (Wildman–Crippen MR) is 77.8 cm³/mol. The van der Waals surface area contributed by atoms with E-state index in [0.29, 0.717) is 12.3 Å². The molecule has 1 aliphatic rings. The largest absolute Gasteiger partial charge is 0.490 e. The molecule has 0 radical (unpaired) electrons. The third kappa shape index (κ3) is 4.23. The lowest BCUT2D eigenvalue weighted by atomic mass is 9.94. The van der Waals surface area contributed by atoms with Gasteiger partial charge in [0.1, 0.15) is 5.75 Å². The van der Waals surface area contributed by atoms with E-state index in [4.69, 9.17) is 4.74 Å². The lowest BCUT2D eigenvalue weighted by molar-refractivity contribution is -0.139. The van der Waals surface area contributed by atoms with Crippen molar-refractivity contribution in [1.82, 2.24) is 5.32 Å². The first-order valence-corrected chi connectivity index (χ1v) is 7.22. The summed E-state index contributed by atoms with van der Waals surface area (Å²) in [6.45, 7) is 4.27. The minimum atomic E-state index is -0.222. The van der Waals surface area contributed by atoms with Crippen LogP contribution >= 0.6 is 0 Å². The molecule has 110 valence electrons. The monoisotopic (exact) mass is 277 g/mol. The topological polar surface area (TPSA) is 47.6 Å². The van der Waals surface area contributed by atoms with Crippen molar-refractivity contribution < 1.29 is 14.3 Å². The Bertz CT molecular complexity index is 424. The number of hydrogen-bond donors (Lipinski definition) is 1. The molecule has 2 rings (SSSR count). The Balaban J connectivity index is 1.87. The van der Waals surface area contributed by atoms with E-state index in [1.54, 1.807) is 0 Å². The number of hydrogen-bond acceptors (Lipinski definition) is 4. The molecule has 1 saturated heterocycles. The van der Waals surface area contributed by atoms with Gasteiger partial charge < -0.3 is 14.8 Å². The second-order valence-electron chi connectivity index (χ2n) is 5.33. The summed E-state index contributed by atoms with van der Waals surface area (Å²) in [5, 5.41) is 3.41. The molecular formula is C16H23NO3. The fraction of sp³-hybridized carbons (Fsp3) is 0.562. The molecular weight excluding hydrogens is 254 g/mol. The Morgan fingerprint density at radius 3 is 2.75 bits per heavy atom. The first-order valence-electron chi connectivity index (χ1n) is 7.22. The van der Waals surface area contributed by atoms with E-state index in [9.17, 15) is 4.79 Å². The van der Waals surface area contributed by atoms with Gasteiger partial charge in [-0.25, -0.2) is 0 Å². The first-order chi connectivity index (χ1) is 9.69. The summed E-state index contributed by atoms with van der Waals surface area (Å²) in [6, 6.07) is 7.67. The number of carbonyl (C=O) groups is 1. The number of methoxy groups -OCH3 is 1. The maximum Gasteiger partial charge on any atom is 0.309 e. The number of rotatable bonds is 5. The van der Waals surface area contributed by atoms with E-state index in [1.165, 1.54) is 20.0 Å². The number of ether oxygens (including phenoxy) is 2. The van der Waals surface area contributed by atoms with E-state index < -0.39 is 0 Å². The second kappa shape index (κ2) is 7.29. The predicted octanol–water partition coefficient (Wildman–Crippen LogP) is 2.17. The third-order valence-electron chi connectivity index (χ3n) is 3.82. The Morgan fingerprint density at radius 2 is 2.15 bits per heavy atom. The molecule has 1 N–H and O–H groups in total. The van der Waals surface area contributed by atoms with Crippen molar-refractivity contribution in [3.05, 3.63) is 29.8 Å². The highest BCUT2D eigenvalue weighted by Crippen LogP contribution is 2.21. The summed E-state index contributed by atoms with van der Waals surface area (Å²) in [5.74, 6) is 1.20. The summed E-state index contributed by atoms with van der Waals surface area (Å²) in [7, 11) is 1.40. The Morgan fingerprint density at radius 1 is 1.40 bits per heavy atom. The van der Waals surface area contributed by atoms with Gasteiger partial charge in [-0.1, -0.05) is 12.1 Å². The van der Waals surface area contributed by atoms with Crippen LogP contribution in [-0.2, 0) is 16.0 Å². The highest BCUT2D eigenvalue weighted by Gasteiger charge is 2.21. The van der Waals surface area contributed by atoms with Crippen LogP contribution in [0.15, 0.2) is 24.3 Å². The molecule has 0 aromatic heterocycles. The molecule has 4 heteroatoms. The molecule has 1 aromatic carbocycles. The zero-order valence-electron chi connectivity index (χ0n) is 12.2. The second-order valence-corrected chi connectivity index (χ2v) is 5.33. The lowest BCUT2D eigenvalue weighted by Crippen LogP contribution is -2.37. The van der Waals surface area contributed by atoms with Crippen LogP contribution in [0.4, 0.5) is 0 Å². The van der Waals surface area contributed by atoms with Gasteiger partial charge in [0.15, 0.2) is 0 Å². The maximum absolute atomic E-state index is 11.2. The summed E-state index contributed by atoms with van der Waals surface area (Å²) in [5.41, 5.74) is 0.941. The van der Waals surface area contributed by atoms with Gasteiger partial charge in [-0.2, -0.15) is 0 Å². The highest BCUT2D eigenvalue weighted by molar-refractivity contribution is 5.72. The molecule has 0 bridgehead atoms. The fourth-order valence-corrected chi connectivity index (χ4v) is 2.52. The molecule has 0 aliphatic carbocycles. The van der Waals surface area contributed by atoms with Crippen LogP contribution in [-0.4, -0.2) is 32.3 Å². The number of piperidine rings is 1. The fourth-order valence-electron chi connectivity index (χ4n) is 2.52. The summed E-state index contributed by atoms with van der Waals surface area (Å²) >= 11 is 0. The van der Waals surface area contributed by atoms with Crippen molar-refractivity contribution in [2.75, 3.05) is 20.2 Å². The van der Waals surface area contributed by atoms with Crippen LogP contribution in [0, 0.1) is 5.92 Å². The van der Waals surface area contributed by atoms with Gasteiger partial charge in [-0.15, -0.1) is 0 Å². The smallest absolute Gasteiger partial charge is 0.309 e. The van der Waals surface area contributed by atoms with Crippen LogP contribution < -0.4 is 10.1 Å². The van der Waals surface area contributed by atoms with E-state index in [0.717, 1.165) is 24.4 Å². The van der Waals surface area contributed by atoms with E-state index in [2.05, 4.69) is 17.0 Å². The Hall–Kier alpha value is -1.55. The van der Waals surface area contributed by atoms with Crippen LogP contribution in [0.3, 0.4) is 0 Å². The minimum Gasteiger partial charge on any atom is -0.490 e. The van der Waals surface area contributed by atoms with Gasteiger partial charge in [0.05, 0.1) is 19.6 Å². The minimum absolute atomic E-state index is 0.203. The normalized spacial score (nSPS) is 20.2. The Labute approximate surface area is 120 Å². The number of nitrogens with one attached hydrogen (secondary N) is 1. The van der Waals surface area contributed by atoms with Gasteiger partial charge in [0.2, 0.25) is 0 Å². The SMILES string of the molecule is COC(=O)Cc1ccc(OC(C)C2CCCNC2)cc1. The van der Waals surface area contributed by atoms with Gasteiger partial charge >= 0.3 is 5.97 Å². The van der Waals surface area contributed by atoms with Crippen LogP contribution in [0.25, 0.3) is 0 Å². The molecule has 1 aliphatic heterocycles. The molecule has 2 unspecified atom stereocenters. The lowest BCUT2D eigenvalue weighted by Gasteiger charge is -2.28. The van der Waals surface area contributed by atoms with Crippen molar-refractivity contribution in [3.63, 3.8) is 0 Å². The van der Waals surface area contributed by atoms with Gasteiger partial charge in [0, 0.05) is 12.5 Å². The maximum atomic E-state index is 11.2. The number of carbonyl (C=O) groups excluding carboxylic acids is 1. The quantitative estimate of drug-likeness (QED) is 0.838. The zero-order chi connectivity index (χ0) is 14.4. The zero-order valence-corrected chi connectivity index (χ0v) is 12.2. The van der Waals surface area contributed by atoms with Gasteiger partial charge in [-0.3, -0.25) is 4.79 Å². The molecule has 2 atom stereocenters. The van der Waals surface area contributed by atoms with Crippen LogP contribution in [0.1, 0.15) is 25.3 Å². The Kier molecular flexibility index (Phi) is 5.41. The van der Waals surface area contributed by atoms with Crippen molar-refractivity contribution in [2.45, 2.75) is 32.3 Å². The number of esters is 1. The summed E-state index contributed by atoms with van der Waals surface area (Å²) < 4.78 is 10.6. The van der Waals surface area contributed by atoms with Crippen LogP contribution in [0.2, 0.25) is 0 Å².